The van der Waals surface area contributed by atoms with Gasteiger partial charge in [0, 0.05) is 13.6 Å². The number of rotatable bonds is 5. The molecule has 9 heteroatoms. The first-order chi connectivity index (χ1) is 9.60. The Morgan fingerprint density at radius 2 is 2.25 bits per heavy atom. The normalized spacial score (nSPS) is 10.9. The molecular weight excluding hydrogens is 267 g/mol. The van der Waals surface area contributed by atoms with E-state index in [2.05, 4.69) is 15.3 Å². The van der Waals surface area contributed by atoms with Crippen LogP contribution in [0.25, 0.3) is 5.65 Å². The third-order valence-corrected chi connectivity index (χ3v) is 2.82. The molecule has 8 nitrogen and oxygen atoms in total. The maximum atomic E-state index is 12.3. The highest BCUT2D eigenvalue weighted by atomic mass is 19.1. The standard InChI is InChI=1S/C11H15FN6O2/c1-3-5-16(2)10(19)8-9-14-15-18(6-4-12)11(20)17(9)7-13-8/h7H,3-6H2,1-2H3. The highest BCUT2D eigenvalue weighted by Gasteiger charge is 2.20. The van der Waals surface area contributed by atoms with Gasteiger partial charge in [-0.05, 0) is 6.42 Å². The lowest BCUT2D eigenvalue weighted by Crippen LogP contribution is -2.31. The Balaban J connectivity index is 2.45. The van der Waals surface area contributed by atoms with Crippen LogP contribution in [0.3, 0.4) is 0 Å². The Labute approximate surface area is 113 Å². The van der Waals surface area contributed by atoms with Gasteiger partial charge in [0.1, 0.15) is 13.0 Å². The summed E-state index contributed by atoms with van der Waals surface area (Å²) in [7, 11) is 1.65. The van der Waals surface area contributed by atoms with E-state index in [4.69, 9.17) is 0 Å². The van der Waals surface area contributed by atoms with Crippen LogP contribution in [0.5, 0.6) is 0 Å². The summed E-state index contributed by atoms with van der Waals surface area (Å²) in [6, 6.07) is 0. The van der Waals surface area contributed by atoms with Crippen LogP contribution >= 0.6 is 0 Å². The summed E-state index contributed by atoms with van der Waals surface area (Å²) in [5, 5.41) is 7.38. The van der Waals surface area contributed by atoms with E-state index >= 15 is 0 Å². The quantitative estimate of drug-likeness (QED) is 0.754. The van der Waals surface area contributed by atoms with Crippen molar-refractivity contribution >= 4 is 11.6 Å². The third-order valence-electron chi connectivity index (χ3n) is 2.82. The molecule has 2 rings (SSSR count). The van der Waals surface area contributed by atoms with Crippen LogP contribution in [-0.4, -0.2) is 55.5 Å². The third kappa shape index (κ3) is 2.38. The van der Waals surface area contributed by atoms with Crippen molar-refractivity contribution in [1.82, 2.24) is 29.3 Å². The van der Waals surface area contributed by atoms with Crippen molar-refractivity contribution in [2.75, 3.05) is 20.3 Å². The number of fused-ring (bicyclic) bond motifs is 1. The zero-order valence-electron chi connectivity index (χ0n) is 11.3. The van der Waals surface area contributed by atoms with Crippen LogP contribution in [0.15, 0.2) is 11.1 Å². The highest BCUT2D eigenvalue weighted by Crippen LogP contribution is 2.06. The van der Waals surface area contributed by atoms with E-state index < -0.39 is 12.4 Å². The molecule has 0 saturated carbocycles. The fraction of sp³-hybridized carbons (Fsp3) is 0.545. The van der Waals surface area contributed by atoms with Crippen molar-refractivity contribution in [3.05, 3.63) is 22.5 Å². The number of aromatic nitrogens is 5. The summed E-state index contributed by atoms with van der Waals surface area (Å²) in [6.45, 7) is 1.62. The molecule has 0 fully saturated rings. The average molecular weight is 282 g/mol. The van der Waals surface area contributed by atoms with Gasteiger partial charge in [0.05, 0.1) is 6.54 Å². The summed E-state index contributed by atoms with van der Waals surface area (Å²) in [5.74, 6) is -0.328. The van der Waals surface area contributed by atoms with E-state index in [0.29, 0.717) is 6.54 Å². The van der Waals surface area contributed by atoms with Crippen molar-refractivity contribution in [2.45, 2.75) is 19.9 Å². The van der Waals surface area contributed by atoms with Gasteiger partial charge in [0.25, 0.3) is 5.91 Å². The molecule has 0 aromatic carbocycles. The SMILES string of the molecule is CCCN(C)C(=O)c1ncn2c(=O)n(CCF)nnc12. The molecule has 0 atom stereocenters. The number of hydrogen-bond donors (Lipinski definition) is 0. The predicted molar refractivity (Wildman–Crippen MR) is 68.3 cm³/mol. The Bertz CT molecular complexity index is 679. The molecule has 0 unspecified atom stereocenters. The minimum Gasteiger partial charge on any atom is -0.340 e. The van der Waals surface area contributed by atoms with Gasteiger partial charge in [-0.25, -0.2) is 18.6 Å². The maximum Gasteiger partial charge on any atom is 0.353 e. The molecule has 0 bridgehead atoms. The summed E-state index contributed by atoms with van der Waals surface area (Å²) in [4.78, 5) is 29.5. The van der Waals surface area contributed by atoms with E-state index in [1.807, 2.05) is 6.92 Å². The number of aryl methyl sites for hydroxylation is 1. The molecule has 1 amide bonds. The van der Waals surface area contributed by atoms with Crippen LogP contribution in [0.2, 0.25) is 0 Å². The molecule has 0 aliphatic carbocycles. The second-order valence-electron chi connectivity index (χ2n) is 4.30. The topological polar surface area (TPSA) is 85.4 Å². The average Bonchev–Trinajstić information content (AvgIpc) is 2.86. The number of carbonyl (C=O) groups is 1. The first-order valence-corrected chi connectivity index (χ1v) is 6.22. The number of amides is 1. The van der Waals surface area contributed by atoms with Gasteiger partial charge in [-0.15, -0.1) is 5.10 Å². The zero-order valence-corrected chi connectivity index (χ0v) is 11.3. The van der Waals surface area contributed by atoms with E-state index in [1.54, 1.807) is 7.05 Å². The Morgan fingerprint density at radius 3 is 2.90 bits per heavy atom. The lowest BCUT2D eigenvalue weighted by atomic mass is 10.3. The smallest absolute Gasteiger partial charge is 0.340 e. The van der Waals surface area contributed by atoms with E-state index in [9.17, 15) is 14.0 Å². The number of hydrogen-bond acceptors (Lipinski definition) is 5. The van der Waals surface area contributed by atoms with Crippen LogP contribution in [0, 0.1) is 0 Å². The summed E-state index contributed by atoms with van der Waals surface area (Å²) < 4.78 is 14.3. The fourth-order valence-electron chi connectivity index (χ4n) is 1.83. The molecule has 2 aromatic heterocycles. The predicted octanol–water partition coefficient (Wildman–Crippen LogP) is -0.262. The van der Waals surface area contributed by atoms with Crippen LogP contribution < -0.4 is 5.69 Å². The summed E-state index contributed by atoms with van der Waals surface area (Å²) >= 11 is 0. The second-order valence-corrected chi connectivity index (χ2v) is 4.30. The van der Waals surface area contributed by atoms with Gasteiger partial charge >= 0.3 is 5.69 Å². The largest absolute Gasteiger partial charge is 0.353 e. The van der Waals surface area contributed by atoms with Gasteiger partial charge in [-0.2, -0.15) is 4.68 Å². The molecule has 0 aliphatic heterocycles. The number of carbonyl (C=O) groups excluding carboxylic acids is 1. The molecule has 0 radical (unpaired) electrons. The van der Waals surface area contributed by atoms with Crippen molar-refractivity contribution in [3.63, 3.8) is 0 Å². The first kappa shape index (κ1) is 14.1. The second kappa shape index (κ2) is 5.76. The van der Waals surface area contributed by atoms with E-state index in [-0.39, 0.29) is 23.8 Å². The number of halogens is 1. The highest BCUT2D eigenvalue weighted by molar-refractivity contribution is 5.97. The Morgan fingerprint density at radius 1 is 1.50 bits per heavy atom. The molecule has 0 saturated heterocycles. The first-order valence-electron chi connectivity index (χ1n) is 6.22. The molecule has 20 heavy (non-hydrogen) atoms. The minimum absolute atomic E-state index is 0.0675. The Kier molecular flexibility index (Phi) is 4.06. The van der Waals surface area contributed by atoms with Gasteiger partial charge < -0.3 is 4.90 Å². The zero-order chi connectivity index (χ0) is 14.7. The minimum atomic E-state index is -0.722. The van der Waals surface area contributed by atoms with Gasteiger partial charge in [0.2, 0.25) is 0 Å². The summed E-state index contributed by atoms with van der Waals surface area (Å²) in [6.07, 6.45) is 2.01. The summed E-state index contributed by atoms with van der Waals surface area (Å²) in [5.41, 5.74) is -0.423. The van der Waals surface area contributed by atoms with Crippen molar-refractivity contribution in [1.29, 1.82) is 0 Å². The van der Waals surface area contributed by atoms with Crippen LogP contribution in [-0.2, 0) is 6.54 Å². The molecule has 0 aliphatic rings. The lowest BCUT2D eigenvalue weighted by molar-refractivity contribution is 0.0791. The number of imidazole rings is 1. The number of nitrogens with zero attached hydrogens (tertiary/aromatic N) is 6. The van der Waals surface area contributed by atoms with Crippen LogP contribution in [0.4, 0.5) is 4.39 Å². The molecular formula is C11H15FN6O2. The van der Waals surface area contributed by atoms with Gasteiger partial charge in [-0.1, -0.05) is 12.1 Å². The lowest BCUT2D eigenvalue weighted by Gasteiger charge is -2.14. The monoisotopic (exact) mass is 282 g/mol. The maximum absolute atomic E-state index is 12.3. The fourth-order valence-corrected chi connectivity index (χ4v) is 1.83. The van der Waals surface area contributed by atoms with Crippen LogP contribution in [0.1, 0.15) is 23.8 Å². The molecule has 108 valence electrons. The van der Waals surface area contributed by atoms with Crippen molar-refractivity contribution in [3.8, 4) is 0 Å². The van der Waals surface area contributed by atoms with Crippen molar-refractivity contribution in [2.24, 2.45) is 0 Å². The molecule has 2 aromatic rings. The van der Waals surface area contributed by atoms with Gasteiger partial charge in [-0.3, -0.25) is 4.79 Å². The van der Waals surface area contributed by atoms with E-state index in [0.717, 1.165) is 15.5 Å². The van der Waals surface area contributed by atoms with Gasteiger partial charge in [0.15, 0.2) is 11.3 Å². The molecule has 0 spiro atoms. The molecule has 2 heterocycles. The Hall–Kier alpha value is -2.32. The number of alkyl halides is 1. The van der Waals surface area contributed by atoms with E-state index in [1.165, 1.54) is 11.2 Å². The van der Waals surface area contributed by atoms with Crippen molar-refractivity contribution < 1.29 is 9.18 Å². The molecule has 0 N–H and O–H groups in total.